The van der Waals surface area contributed by atoms with Gasteiger partial charge < -0.3 is 25.0 Å². The Morgan fingerprint density at radius 1 is 1.11 bits per heavy atom. The average molecular weight is 503 g/mol. The van der Waals surface area contributed by atoms with Gasteiger partial charge in [-0.3, -0.25) is 4.79 Å². The predicted molar refractivity (Wildman–Crippen MR) is 140 cm³/mol. The number of ether oxygens (including phenoxy) is 1. The van der Waals surface area contributed by atoms with Crippen LogP contribution in [-0.2, 0) is 11.3 Å². The number of benzene rings is 2. The SMILES string of the molecule is CN(C)CCNC(=O)c1ccc(Cn2nnc3c(N4CCOCC4)nc(-c4cccc(O)c4)nc32)cc1. The Hall–Kier alpha value is -4.09. The molecule has 0 atom stereocenters. The maximum atomic E-state index is 12.4. The number of amides is 1. The zero-order chi connectivity index (χ0) is 25.8. The van der Waals surface area contributed by atoms with Crippen LogP contribution in [0.25, 0.3) is 22.6 Å². The molecule has 2 N–H and O–H groups in total. The summed E-state index contributed by atoms with van der Waals surface area (Å²) in [7, 11) is 3.94. The number of fused-ring (bicyclic) bond motifs is 1. The fourth-order valence-electron chi connectivity index (χ4n) is 4.15. The first kappa shape index (κ1) is 24.6. The van der Waals surface area contributed by atoms with Crippen molar-refractivity contribution in [2.45, 2.75) is 6.54 Å². The number of hydrogen-bond acceptors (Lipinski definition) is 9. The Morgan fingerprint density at radius 3 is 2.62 bits per heavy atom. The molecular formula is C26H30N8O3. The lowest BCUT2D eigenvalue weighted by Crippen LogP contribution is -2.37. The number of hydrogen-bond donors (Lipinski definition) is 2. The molecule has 2 aromatic carbocycles. The highest BCUT2D eigenvalue weighted by atomic mass is 16.5. The molecule has 0 bridgehead atoms. The minimum atomic E-state index is -0.0988. The predicted octanol–water partition coefficient (Wildman–Crippen LogP) is 1.77. The van der Waals surface area contributed by atoms with Crippen molar-refractivity contribution in [2.75, 3.05) is 58.4 Å². The second-order valence-corrected chi connectivity index (χ2v) is 9.20. The molecule has 37 heavy (non-hydrogen) atoms. The van der Waals surface area contributed by atoms with Crippen molar-refractivity contribution in [1.29, 1.82) is 0 Å². The molecule has 0 spiro atoms. The van der Waals surface area contributed by atoms with Gasteiger partial charge in [-0.15, -0.1) is 5.10 Å². The van der Waals surface area contributed by atoms with Crippen LogP contribution in [0.3, 0.4) is 0 Å². The number of nitrogens with zero attached hydrogens (tertiary/aromatic N) is 7. The molecule has 1 amide bonds. The zero-order valence-electron chi connectivity index (χ0n) is 21.0. The summed E-state index contributed by atoms with van der Waals surface area (Å²) in [5.41, 5.74) is 3.48. The molecule has 4 aromatic rings. The average Bonchev–Trinajstić information content (AvgIpc) is 3.31. The van der Waals surface area contributed by atoms with Crippen LogP contribution in [0.2, 0.25) is 0 Å². The summed E-state index contributed by atoms with van der Waals surface area (Å²) in [6, 6.07) is 14.3. The van der Waals surface area contributed by atoms with Gasteiger partial charge in [0.15, 0.2) is 22.8 Å². The Bertz CT molecular complexity index is 1380. The summed E-state index contributed by atoms with van der Waals surface area (Å²) >= 11 is 0. The van der Waals surface area contributed by atoms with E-state index in [0.717, 1.165) is 12.1 Å². The number of phenols is 1. The van der Waals surface area contributed by atoms with Crippen molar-refractivity contribution in [3.05, 3.63) is 59.7 Å². The summed E-state index contributed by atoms with van der Waals surface area (Å²) in [5.74, 6) is 1.23. The van der Waals surface area contributed by atoms with E-state index in [1.165, 1.54) is 0 Å². The number of morpholine rings is 1. The molecule has 2 aromatic heterocycles. The smallest absolute Gasteiger partial charge is 0.251 e. The van der Waals surface area contributed by atoms with E-state index in [1.54, 1.807) is 22.9 Å². The van der Waals surface area contributed by atoms with Crippen LogP contribution < -0.4 is 10.2 Å². The maximum Gasteiger partial charge on any atom is 0.251 e. The number of aromatic nitrogens is 5. The van der Waals surface area contributed by atoms with Crippen LogP contribution in [0, 0.1) is 0 Å². The molecule has 0 saturated carbocycles. The molecule has 1 aliphatic heterocycles. The van der Waals surface area contributed by atoms with Gasteiger partial charge in [0.05, 0.1) is 19.8 Å². The summed E-state index contributed by atoms with van der Waals surface area (Å²) in [4.78, 5) is 26.1. The Labute approximate surface area is 214 Å². The molecule has 0 aliphatic carbocycles. The van der Waals surface area contributed by atoms with E-state index < -0.39 is 0 Å². The van der Waals surface area contributed by atoms with Crippen LogP contribution in [-0.4, -0.2) is 94.4 Å². The first-order valence-corrected chi connectivity index (χ1v) is 12.2. The molecule has 5 rings (SSSR count). The first-order valence-electron chi connectivity index (χ1n) is 12.2. The van der Waals surface area contributed by atoms with Crippen LogP contribution in [0.4, 0.5) is 5.82 Å². The van der Waals surface area contributed by atoms with E-state index in [1.807, 2.05) is 49.3 Å². The van der Waals surface area contributed by atoms with Crippen LogP contribution >= 0.6 is 0 Å². The topological polar surface area (TPSA) is 122 Å². The van der Waals surface area contributed by atoms with Crippen LogP contribution in [0.15, 0.2) is 48.5 Å². The lowest BCUT2D eigenvalue weighted by molar-refractivity contribution is 0.0951. The molecule has 1 saturated heterocycles. The van der Waals surface area contributed by atoms with E-state index in [0.29, 0.717) is 73.3 Å². The highest BCUT2D eigenvalue weighted by molar-refractivity contribution is 5.94. The number of aromatic hydroxyl groups is 1. The Morgan fingerprint density at radius 2 is 1.89 bits per heavy atom. The first-order chi connectivity index (χ1) is 18.0. The van der Waals surface area contributed by atoms with E-state index in [2.05, 4.69) is 20.5 Å². The Balaban J connectivity index is 1.44. The number of carbonyl (C=O) groups is 1. The van der Waals surface area contributed by atoms with Gasteiger partial charge in [-0.1, -0.05) is 29.5 Å². The summed E-state index contributed by atoms with van der Waals surface area (Å²) in [5, 5.41) is 21.7. The van der Waals surface area contributed by atoms with Gasteiger partial charge in [-0.2, -0.15) is 0 Å². The van der Waals surface area contributed by atoms with Gasteiger partial charge >= 0.3 is 0 Å². The van der Waals surface area contributed by atoms with Crippen LogP contribution in [0.5, 0.6) is 5.75 Å². The molecule has 192 valence electrons. The van der Waals surface area contributed by atoms with Crippen molar-refractivity contribution in [3.63, 3.8) is 0 Å². The van der Waals surface area contributed by atoms with Crippen molar-refractivity contribution >= 4 is 22.9 Å². The minimum absolute atomic E-state index is 0.0988. The van der Waals surface area contributed by atoms with Crippen molar-refractivity contribution < 1.29 is 14.6 Å². The lowest BCUT2D eigenvalue weighted by Gasteiger charge is -2.28. The van der Waals surface area contributed by atoms with Crippen molar-refractivity contribution in [3.8, 4) is 17.1 Å². The quantitative estimate of drug-likeness (QED) is 0.371. The van der Waals surface area contributed by atoms with E-state index in [-0.39, 0.29) is 11.7 Å². The van der Waals surface area contributed by atoms with Gasteiger partial charge in [0.2, 0.25) is 0 Å². The molecule has 11 nitrogen and oxygen atoms in total. The van der Waals surface area contributed by atoms with Crippen molar-refractivity contribution in [2.24, 2.45) is 0 Å². The number of likely N-dealkylation sites (N-methyl/N-ethyl adjacent to an activating group) is 1. The number of phenolic OH excluding ortho intramolecular Hbond substituents is 1. The van der Waals surface area contributed by atoms with Gasteiger partial charge in [0.25, 0.3) is 5.91 Å². The molecule has 1 fully saturated rings. The molecule has 0 unspecified atom stereocenters. The molecule has 1 aliphatic rings. The van der Waals surface area contributed by atoms with Gasteiger partial charge in [0.1, 0.15) is 5.75 Å². The minimum Gasteiger partial charge on any atom is -0.508 e. The fourth-order valence-corrected chi connectivity index (χ4v) is 4.15. The summed E-state index contributed by atoms with van der Waals surface area (Å²) in [6.07, 6.45) is 0. The number of anilines is 1. The molecular weight excluding hydrogens is 472 g/mol. The third-order valence-electron chi connectivity index (χ3n) is 6.15. The van der Waals surface area contributed by atoms with E-state index in [9.17, 15) is 9.90 Å². The molecule has 3 heterocycles. The molecule has 11 heteroatoms. The lowest BCUT2D eigenvalue weighted by atomic mass is 10.1. The number of nitrogens with one attached hydrogen (secondary N) is 1. The van der Waals surface area contributed by atoms with Gasteiger partial charge in [0, 0.05) is 37.3 Å². The second-order valence-electron chi connectivity index (χ2n) is 9.20. The zero-order valence-corrected chi connectivity index (χ0v) is 21.0. The van der Waals surface area contributed by atoms with E-state index >= 15 is 0 Å². The molecule has 0 radical (unpaired) electrons. The highest BCUT2D eigenvalue weighted by Crippen LogP contribution is 2.28. The standard InChI is InChI=1S/C26H30N8O3/c1-32(2)11-10-27-26(36)19-8-6-18(7-9-19)17-34-25-22(30-31-34)24(33-12-14-37-15-13-33)28-23(29-25)20-4-3-5-21(35)16-20/h3-9,16,35H,10-15,17H2,1-2H3,(H,27,36). The summed E-state index contributed by atoms with van der Waals surface area (Å²) in [6.45, 7) is 4.39. The fraction of sp³-hybridized carbons (Fsp3) is 0.346. The largest absolute Gasteiger partial charge is 0.508 e. The van der Waals surface area contributed by atoms with Gasteiger partial charge in [-0.25, -0.2) is 14.6 Å². The third-order valence-corrected chi connectivity index (χ3v) is 6.15. The Kier molecular flexibility index (Phi) is 7.24. The summed E-state index contributed by atoms with van der Waals surface area (Å²) < 4.78 is 7.25. The second kappa shape index (κ2) is 10.9. The monoisotopic (exact) mass is 502 g/mol. The number of rotatable bonds is 8. The highest BCUT2D eigenvalue weighted by Gasteiger charge is 2.22. The number of carbonyl (C=O) groups excluding carboxylic acids is 1. The van der Waals surface area contributed by atoms with Gasteiger partial charge in [-0.05, 0) is 43.9 Å². The normalized spacial score (nSPS) is 13.9. The van der Waals surface area contributed by atoms with E-state index in [4.69, 9.17) is 14.7 Å². The van der Waals surface area contributed by atoms with Crippen molar-refractivity contribution in [1.82, 2.24) is 35.2 Å². The van der Waals surface area contributed by atoms with Crippen LogP contribution in [0.1, 0.15) is 15.9 Å². The third kappa shape index (κ3) is 5.68. The maximum absolute atomic E-state index is 12.4.